The summed E-state index contributed by atoms with van der Waals surface area (Å²) in [6, 6.07) is 11.7. The number of piperidine rings is 1. The Labute approximate surface area is 197 Å². The fourth-order valence-corrected chi connectivity index (χ4v) is 3.90. The Bertz CT molecular complexity index is 754. The summed E-state index contributed by atoms with van der Waals surface area (Å²) in [7, 11) is 0. The molecule has 0 amide bonds. The van der Waals surface area contributed by atoms with Crippen molar-refractivity contribution in [3.63, 3.8) is 0 Å². The van der Waals surface area contributed by atoms with E-state index in [1.807, 2.05) is 0 Å². The van der Waals surface area contributed by atoms with E-state index in [-0.39, 0.29) is 24.0 Å². The van der Waals surface area contributed by atoms with Crippen molar-refractivity contribution >= 4 is 29.9 Å². The fourth-order valence-electron chi connectivity index (χ4n) is 3.90. The summed E-state index contributed by atoms with van der Waals surface area (Å²) in [5, 5.41) is 15.1. The van der Waals surface area contributed by atoms with Gasteiger partial charge in [0, 0.05) is 44.7 Å². The molecule has 8 heteroatoms. The molecule has 0 aliphatic carbocycles. The van der Waals surface area contributed by atoms with Gasteiger partial charge in [-0.25, -0.2) is 0 Å². The second-order valence-electron chi connectivity index (χ2n) is 7.60. The van der Waals surface area contributed by atoms with Crippen LogP contribution in [0.5, 0.6) is 0 Å². The second kappa shape index (κ2) is 12.9. The third-order valence-electron chi connectivity index (χ3n) is 5.67. The maximum Gasteiger partial charge on any atom is 0.191 e. The van der Waals surface area contributed by atoms with Crippen LogP contribution in [0.1, 0.15) is 51.0 Å². The minimum Gasteiger partial charge on any atom is -0.357 e. The lowest BCUT2D eigenvalue weighted by Gasteiger charge is -2.37. The molecular weight excluding hydrogens is 489 g/mol. The average Bonchev–Trinajstić information content (AvgIpc) is 3.22. The summed E-state index contributed by atoms with van der Waals surface area (Å²) < 4.78 is 2.08. The van der Waals surface area contributed by atoms with Crippen LogP contribution in [0.3, 0.4) is 0 Å². The Morgan fingerprint density at radius 3 is 2.60 bits per heavy atom. The number of aryl methyl sites for hydroxylation is 1. The zero-order valence-electron chi connectivity index (χ0n) is 18.4. The molecule has 7 nitrogen and oxygen atoms in total. The Balaban J connectivity index is 0.00000320. The van der Waals surface area contributed by atoms with Gasteiger partial charge in [-0.2, -0.15) is 0 Å². The average molecular weight is 525 g/mol. The topological polar surface area (TPSA) is 70.4 Å². The molecule has 2 N–H and O–H groups in total. The molecule has 0 saturated carbocycles. The molecule has 2 heterocycles. The van der Waals surface area contributed by atoms with E-state index in [1.54, 1.807) is 6.33 Å². The number of rotatable bonds is 8. The van der Waals surface area contributed by atoms with Crippen molar-refractivity contribution in [2.24, 2.45) is 4.99 Å². The molecule has 30 heavy (non-hydrogen) atoms. The number of likely N-dealkylation sites (tertiary alicyclic amines) is 1. The Morgan fingerprint density at radius 2 is 1.93 bits per heavy atom. The lowest BCUT2D eigenvalue weighted by Crippen LogP contribution is -2.49. The molecule has 3 rings (SSSR count). The number of aliphatic imine (C=N–C) groups is 1. The SMILES string of the molecule is CCNC(=NCCn1cnnc1CC)NC1CCN(C(C)c2ccccc2)CC1.I. The molecule has 1 fully saturated rings. The standard InChI is InChI=1S/C22H35N7.HI/c1-4-21-27-25-17-29(21)16-13-24-22(23-5-2)26-20-11-14-28(15-12-20)18(3)19-9-7-6-8-10-19;/h6-10,17-18,20H,4-5,11-16H2,1-3H3,(H2,23,24,26);1H. The van der Waals surface area contributed by atoms with Crippen LogP contribution in [0.4, 0.5) is 0 Å². The van der Waals surface area contributed by atoms with Gasteiger partial charge in [-0.3, -0.25) is 9.89 Å². The predicted octanol–water partition coefficient (Wildman–Crippen LogP) is 3.24. The van der Waals surface area contributed by atoms with Gasteiger partial charge in [0.25, 0.3) is 0 Å². The first-order chi connectivity index (χ1) is 14.2. The van der Waals surface area contributed by atoms with Gasteiger partial charge in [0.05, 0.1) is 6.54 Å². The van der Waals surface area contributed by atoms with E-state index in [0.717, 1.165) is 57.2 Å². The van der Waals surface area contributed by atoms with Gasteiger partial charge in [-0.1, -0.05) is 37.3 Å². The van der Waals surface area contributed by atoms with Crippen molar-refractivity contribution in [1.82, 2.24) is 30.3 Å². The lowest BCUT2D eigenvalue weighted by atomic mass is 10.0. The van der Waals surface area contributed by atoms with E-state index in [0.29, 0.717) is 18.6 Å². The number of nitrogens with zero attached hydrogens (tertiary/aromatic N) is 5. The van der Waals surface area contributed by atoms with Crippen LogP contribution in [0.2, 0.25) is 0 Å². The van der Waals surface area contributed by atoms with Crippen molar-refractivity contribution in [2.75, 3.05) is 26.2 Å². The summed E-state index contributed by atoms with van der Waals surface area (Å²) in [4.78, 5) is 7.34. The largest absolute Gasteiger partial charge is 0.357 e. The normalized spacial score (nSPS) is 16.7. The number of aromatic nitrogens is 3. The van der Waals surface area contributed by atoms with Gasteiger partial charge in [0.2, 0.25) is 0 Å². The van der Waals surface area contributed by atoms with E-state index in [2.05, 4.69) is 81.4 Å². The number of hydrogen-bond acceptors (Lipinski definition) is 4. The van der Waals surface area contributed by atoms with E-state index >= 15 is 0 Å². The highest BCUT2D eigenvalue weighted by atomic mass is 127. The summed E-state index contributed by atoms with van der Waals surface area (Å²) in [5.41, 5.74) is 1.40. The number of benzene rings is 1. The van der Waals surface area contributed by atoms with Crippen LogP contribution >= 0.6 is 24.0 Å². The molecule has 2 aromatic rings. The van der Waals surface area contributed by atoms with Gasteiger partial charge >= 0.3 is 0 Å². The van der Waals surface area contributed by atoms with Crippen molar-refractivity contribution in [2.45, 2.75) is 58.7 Å². The molecule has 0 radical (unpaired) electrons. The van der Waals surface area contributed by atoms with E-state index < -0.39 is 0 Å². The zero-order chi connectivity index (χ0) is 20.5. The third kappa shape index (κ3) is 6.94. The van der Waals surface area contributed by atoms with Gasteiger partial charge < -0.3 is 15.2 Å². The maximum absolute atomic E-state index is 4.76. The Morgan fingerprint density at radius 1 is 1.20 bits per heavy atom. The molecule has 1 saturated heterocycles. The minimum atomic E-state index is 0. The summed E-state index contributed by atoms with van der Waals surface area (Å²) in [6.45, 7) is 11.1. The minimum absolute atomic E-state index is 0. The summed E-state index contributed by atoms with van der Waals surface area (Å²) in [6.07, 6.45) is 4.94. The number of hydrogen-bond donors (Lipinski definition) is 2. The molecule has 1 aromatic carbocycles. The highest BCUT2D eigenvalue weighted by molar-refractivity contribution is 14.0. The number of guanidine groups is 1. The van der Waals surface area contributed by atoms with Crippen LogP contribution in [0, 0.1) is 0 Å². The van der Waals surface area contributed by atoms with E-state index in [4.69, 9.17) is 4.99 Å². The molecule has 166 valence electrons. The predicted molar refractivity (Wildman–Crippen MR) is 133 cm³/mol. The Kier molecular flexibility index (Phi) is 10.6. The van der Waals surface area contributed by atoms with Crippen molar-refractivity contribution in [3.8, 4) is 0 Å². The van der Waals surface area contributed by atoms with Crippen LogP contribution in [-0.2, 0) is 13.0 Å². The zero-order valence-corrected chi connectivity index (χ0v) is 20.8. The first-order valence-electron chi connectivity index (χ1n) is 10.9. The molecule has 1 aliphatic heterocycles. The molecular formula is C22H36IN7. The van der Waals surface area contributed by atoms with Gasteiger partial charge in [0.15, 0.2) is 5.96 Å². The van der Waals surface area contributed by atoms with E-state index in [9.17, 15) is 0 Å². The highest BCUT2D eigenvalue weighted by Crippen LogP contribution is 2.23. The number of halogens is 1. The van der Waals surface area contributed by atoms with Crippen molar-refractivity contribution < 1.29 is 0 Å². The maximum atomic E-state index is 4.76. The van der Waals surface area contributed by atoms with Crippen molar-refractivity contribution in [1.29, 1.82) is 0 Å². The molecule has 1 aromatic heterocycles. The van der Waals surface area contributed by atoms with Crippen LogP contribution in [-0.4, -0.2) is 57.8 Å². The van der Waals surface area contributed by atoms with Gasteiger partial charge in [-0.15, -0.1) is 34.2 Å². The second-order valence-corrected chi connectivity index (χ2v) is 7.60. The van der Waals surface area contributed by atoms with Gasteiger partial charge in [-0.05, 0) is 32.3 Å². The van der Waals surface area contributed by atoms with Gasteiger partial charge in [0.1, 0.15) is 12.2 Å². The van der Waals surface area contributed by atoms with Crippen LogP contribution in [0.25, 0.3) is 0 Å². The van der Waals surface area contributed by atoms with Crippen molar-refractivity contribution in [3.05, 3.63) is 48.0 Å². The van der Waals surface area contributed by atoms with Crippen LogP contribution in [0.15, 0.2) is 41.7 Å². The molecule has 0 bridgehead atoms. The monoisotopic (exact) mass is 525 g/mol. The van der Waals surface area contributed by atoms with Crippen LogP contribution < -0.4 is 10.6 Å². The smallest absolute Gasteiger partial charge is 0.191 e. The van der Waals surface area contributed by atoms with E-state index in [1.165, 1.54) is 5.56 Å². The molecule has 1 aliphatic rings. The quantitative estimate of drug-likeness (QED) is 0.315. The summed E-state index contributed by atoms with van der Waals surface area (Å²) in [5.74, 6) is 1.92. The summed E-state index contributed by atoms with van der Waals surface area (Å²) >= 11 is 0. The molecule has 1 unspecified atom stereocenters. The third-order valence-corrected chi connectivity index (χ3v) is 5.67. The molecule has 1 atom stereocenters. The number of nitrogens with one attached hydrogen (secondary N) is 2. The lowest BCUT2D eigenvalue weighted by molar-refractivity contribution is 0.158. The first-order valence-corrected chi connectivity index (χ1v) is 10.9. The fraction of sp³-hybridized carbons (Fsp3) is 0.591. The first kappa shape index (κ1) is 24.6. The molecule has 0 spiro atoms. The highest BCUT2D eigenvalue weighted by Gasteiger charge is 2.23. The Hall–Kier alpha value is -1.68.